The van der Waals surface area contributed by atoms with Crippen molar-refractivity contribution in [3.05, 3.63) is 12.7 Å². The van der Waals surface area contributed by atoms with Crippen LogP contribution in [0.5, 0.6) is 0 Å². The standard InChI is InChI=1S/C18H33NO6SSi/c1-8-14-13-12-19(26(21,22)10-11-27(5,6)7)15(17(20)23-9-2)16(13)25-18(3,4)24-14/h8,13-16H,1,9-12H2,2-7H3/t13-,14+,15-,16+/m1/s1. The smallest absolute Gasteiger partial charge is 0.327 e. The Morgan fingerprint density at radius 1 is 1.33 bits per heavy atom. The molecule has 7 nitrogen and oxygen atoms in total. The van der Waals surface area contributed by atoms with Crippen molar-refractivity contribution in [1.82, 2.24) is 4.31 Å². The van der Waals surface area contributed by atoms with Crippen LogP contribution < -0.4 is 0 Å². The van der Waals surface area contributed by atoms with Gasteiger partial charge in [-0.25, -0.2) is 8.42 Å². The largest absolute Gasteiger partial charge is 0.465 e. The minimum absolute atomic E-state index is 0.0288. The van der Waals surface area contributed by atoms with Crippen molar-refractivity contribution in [3.8, 4) is 0 Å². The zero-order valence-corrected chi connectivity index (χ0v) is 19.0. The molecule has 2 heterocycles. The number of hydrogen-bond acceptors (Lipinski definition) is 6. The molecule has 0 saturated carbocycles. The van der Waals surface area contributed by atoms with Crippen molar-refractivity contribution in [2.45, 2.75) is 70.5 Å². The van der Waals surface area contributed by atoms with E-state index in [2.05, 4.69) is 26.2 Å². The number of ether oxygens (including phenoxy) is 3. The fourth-order valence-electron chi connectivity index (χ4n) is 3.58. The van der Waals surface area contributed by atoms with Crippen molar-refractivity contribution in [1.29, 1.82) is 0 Å². The molecule has 2 rings (SSSR count). The molecule has 0 radical (unpaired) electrons. The minimum atomic E-state index is -3.64. The molecule has 27 heavy (non-hydrogen) atoms. The van der Waals surface area contributed by atoms with E-state index in [9.17, 15) is 13.2 Å². The summed E-state index contributed by atoms with van der Waals surface area (Å²) < 4.78 is 44.6. The van der Waals surface area contributed by atoms with Gasteiger partial charge >= 0.3 is 5.97 Å². The summed E-state index contributed by atoms with van der Waals surface area (Å²) >= 11 is 0. The number of hydrogen-bond donors (Lipinski definition) is 0. The highest BCUT2D eigenvalue weighted by Crippen LogP contribution is 2.41. The number of rotatable bonds is 7. The molecule has 4 atom stereocenters. The quantitative estimate of drug-likeness (QED) is 0.357. The Kier molecular flexibility index (Phi) is 6.63. The molecule has 0 spiro atoms. The predicted molar refractivity (Wildman–Crippen MR) is 107 cm³/mol. The normalized spacial score (nSPS) is 31.3. The number of esters is 1. The van der Waals surface area contributed by atoms with Gasteiger partial charge in [0.1, 0.15) is 6.04 Å². The molecule has 0 unspecified atom stereocenters. The maximum atomic E-state index is 13.1. The van der Waals surface area contributed by atoms with Crippen molar-refractivity contribution < 1.29 is 27.4 Å². The van der Waals surface area contributed by atoms with Crippen molar-refractivity contribution in [2.75, 3.05) is 18.9 Å². The van der Waals surface area contributed by atoms with E-state index in [1.165, 1.54) is 4.31 Å². The predicted octanol–water partition coefficient (Wildman–Crippen LogP) is 2.22. The number of carbonyl (C=O) groups excluding carboxylic acids is 1. The molecule has 0 N–H and O–H groups in total. The summed E-state index contributed by atoms with van der Waals surface area (Å²) in [7, 11) is -5.19. The van der Waals surface area contributed by atoms with Gasteiger partial charge in [0.05, 0.1) is 24.6 Å². The Bertz CT molecular complexity index is 672. The van der Waals surface area contributed by atoms with Gasteiger partial charge in [-0.15, -0.1) is 6.58 Å². The first-order chi connectivity index (χ1) is 12.3. The van der Waals surface area contributed by atoms with Crippen molar-refractivity contribution in [3.63, 3.8) is 0 Å². The highest BCUT2D eigenvalue weighted by Gasteiger charge is 2.58. The second kappa shape index (κ2) is 7.94. The van der Waals surface area contributed by atoms with Crippen LogP contribution in [0.4, 0.5) is 0 Å². The SMILES string of the molecule is C=C[C@@H]1OC(C)(C)O[C@H]2[C@@H]1CN(S(=O)(=O)CC[Si](C)(C)C)[C@H]2C(=O)OCC. The maximum absolute atomic E-state index is 13.1. The van der Waals surface area contributed by atoms with Crippen LogP contribution in [-0.2, 0) is 29.0 Å². The highest BCUT2D eigenvalue weighted by atomic mass is 32.2. The lowest BCUT2D eigenvalue weighted by atomic mass is 9.93. The lowest BCUT2D eigenvalue weighted by Crippen LogP contribution is -2.54. The van der Waals surface area contributed by atoms with Gasteiger partial charge in [0.25, 0.3) is 0 Å². The van der Waals surface area contributed by atoms with E-state index < -0.39 is 48.1 Å². The average molecular weight is 420 g/mol. The lowest BCUT2D eigenvalue weighted by Gasteiger charge is -2.43. The lowest BCUT2D eigenvalue weighted by molar-refractivity contribution is -0.305. The number of carbonyl (C=O) groups is 1. The molecule has 2 saturated heterocycles. The van der Waals surface area contributed by atoms with Crippen molar-refractivity contribution in [2.24, 2.45) is 5.92 Å². The van der Waals surface area contributed by atoms with Gasteiger partial charge in [-0.2, -0.15) is 4.31 Å². The van der Waals surface area contributed by atoms with Crippen LogP contribution in [0.25, 0.3) is 0 Å². The molecular weight excluding hydrogens is 386 g/mol. The van der Waals surface area contributed by atoms with E-state index in [1.54, 1.807) is 26.8 Å². The summed E-state index contributed by atoms with van der Waals surface area (Å²) in [5, 5.41) is 0. The molecule has 2 aliphatic heterocycles. The first-order valence-corrected chi connectivity index (χ1v) is 14.8. The summed E-state index contributed by atoms with van der Waals surface area (Å²) in [6.07, 6.45) is 0.632. The van der Waals surface area contributed by atoms with E-state index in [-0.39, 0.29) is 24.8 Å². The second-order valence-electron chi connectivity index (χ2n) is 8.86. The van der Waals surface area contributed by atoms with Crippen LogP contribution in [0, 0.1) is 5.92 Å². The van der Waals surface area contributed by atoms with Crippen LogP contribution in [0.3, 0.4) is 0 Å². The fourth-order valence-corrected chi connectivity index (χ4v) is 8.24. The van der Waals surface area contributed by atoms with Crippen LogP contribution in [-0.4, -0.2) is 69.7 Å². The molecule has 2 fully saturated rings. The monoisotopic (exact) mass is 419 g/mol. The van der Waals surface area contributed by atoms with Crippen LogP contribution in [0.2, 0.25) is 25.7 Å². The van der Waals surface area contributed by atoms with E-state index in [0.29, 0.717) is 6.04 Å². The molecule has 0 aromatic carbocycles. The summed E-state index contributed by atoms with van der Waals surface area (Å²) in [6.45, 7) is 15.8. The van der Waals surface area contributed by atoms with Crippen LogP contribution in [0.15, 0.2) is 12.7 Å². The molecule has 156 valence electrons. The van der Waals surface area contributed by atoms with Crippen LogP contribution >= 0.6 is 0 Å². The molecule has 0 amide bonds. The highest BCUT2D eigenvalue weighted by molar-refractivity contribution is 7.89. The molecule has 9 heteroatoms. The molecular formula is C18H33NO6SSi. The van der Waals surface area contributed by atoms with E-state index in [0.717, 1.165) is 0 Å². The minimum Gasteiger partial charge on any atom is -0.465 e. The Balaban J connectivity index is 2.38. The Morgan fingerprint density at radius 2 is 1.96 bits per heavy atom. The van der Waals surface area contributed by atoms with Gasteiger partial charge in [0, 0.05) is 20.5 Å². The van der Waals surface area contributed by atoms with E-state index in [1.807, 2.05) is 0 Å². The molecule has 0 aromatic heterocycles. The summed E-state index contributed by atoms with van der Waals surface area (Å²) in [5.41, 5.74) is 0. The second-order valence-corrected chi connectivity index (χ2v) is 16.5. The zero-order valence-electron chi connectivity index (χ0n) is 17.2. The molecule has 0 aliphatic carbocycles. The van der Waals surface area contributed by atoms with Gasteiger partial charge in [-0.3, -0.25) is 4.79 Å². The van der Waals surface area contributed by atoms with Crippen LogP contribution in [0.1, 0.15) is 20.8 Å². The third-order valence-corrected chi connectivity index (χ3v) is 8.85. The Labute approximate surface area is 164 Å². The third kappa shape index (κ3) is 5.20. The average Bonchev–Trinajstić information content (AvgIpc) is 2.90. The van der Waals surface area contributed by atoms with Gasteiger partial charge in [0.15, 0.2) is 5.79 Å². The Morgan fingerprint density at radius 3 is 2.48 bits per heavy atom. The topological polar surface area (TPSA) is 82.1 Å². The third-order valence-electron chi connectivity index (χ3n) is 4.92. The Hall–Kier alpha value is -0.743. The molecule has 0 aromatic rings. The summed E-state index contributed by atoms with van der Waals surface area (Å²) in [6, 6.07) is -0.364. The van der Waals surface area contributed by atoms with E-state index in [4.69, 9.17) is 14.2 Å². The van der Waals surface area contributed by atoms with Gasteiger partial charge in [0.2, 0.25) is 10.0 Å². The molecule has 0 bridgehead atoms. The van der Waals surface area contributed by atoms with Gasteiger partial charge < -0.3 is 14.2 Å². The zero-order chi connectivity index (χ0) is 20.6. The summed E-state index contributed by atoms with van der Waals surface area (Å²) in [4.78, 5) is 12.7. The van der Waals surface area contributed by atoms with E-state index >= 15 is 0 Å². The first-order valence-electron chi connectivity index (χ1n) is 9.45. The van der Waals surface area contributed by atoms with Crippen molar-refractivity contribution >= 4 is 24.1 Å². The van der Waals surface area contributed by atoms with Gasteiger partial charge in [-0.05, 0) is 26.8 Å². The number of fused-ring (bicyclic) bond motifs is 1. The summed E-state index contributed by atoms with van der Waals surface area (Å²) in [5.74, 6) is -1.78. The fraction of sp³-hybridized carbons (Fsp3) is 0.833. The number of nitrogens with zero attached hydrogens (tertiary/aromatic N) is 1. The maximum Gasteiger partial charge on any atom is 0.327 e. The first kappa shape index (κ1) is 22.5. The van der Waals surface area contributed by atoms with Gasteiger partial charge in [-0.1, -0.05) is 25.7 Å². The number of sulfonamides is 1. The molecule has 2 aliphatic rings.